The van der Waals surface area contributed by atoms with Crippen LogP contribution in [0.4, 0.5) is 13.2 Å². The Morgan fingerprint density at radius 2 is 2.07 bits per heavy atom. The smallest absolute Gasteiger partial charge is 0.382 e. The Hall–Kier alpha value is 0.0600. The third kappa shape index (κ3) is 3.33. The van der Waals surface area contributed by atoms with Gasteiger partial charge in [-0.15, -0.1) is 0 Å². The molecule has 84 valence electrons. The molecular weight excluding hydrogens is 215 g/mol. The van der Waals surface area contributed by atoms with E-state index in [1.54, 1.807) is 11.8 Å². The van der Waals surface area contributed by atoms with Gasteiger partial charge in [-0.25, -0.2) is 0 Å². The monoisotopic (exact) mass is 229 g/mol. The fourth-order valence-corrected chi connectivity index (χ4v) is 1.90. The molecule has 1 rings (SSSR count). The molecule has 0 heterocycles. The predicted molar refractivity (Wildman–Crippen MR) is 50.4 cm³/mol. The van der Waals surface area contributed by atoms with Crippen LogP contribution in [0.5, 0.6) is 0 Å². The normalized spacial score (nSPS) is 22.1. The first-order valence-electron chi connectivity index (χ1n) is 4.40. The lowest BCUT2D eigenvalue weighted by atomic mass is 10.3. The van der Waals surface area contributed by atoms with Gasteiger partial charge in [-0.1, -0.05) is 0 Å². The molecule has 1 unspecified atom stereocenters. The van der Waals surface area contributed by atoms with Crippen molar-refractivity contribution in [3.05, 3.63) is 0 Å². The van der Waals surface area contributed by atoms with Crippen LogP contribution in [0.25, 0.3) is 0 Å². The van der Waals surface area contributed by atoms with Crippen LogP contribution in [0.15, 0.2) is 0 Å². The van der Waals surface area contributed by atoms with Gasteiger partial charge in [0.1, 0.15) is 0 Å². The molecule has 0 aliphatic heterocycles. The summed E-state index contributed by atoms with van der Waals surface area (Å²) in [6.45, 7) is 0.132. The minimum Gasteiger partial charge on any atom is -0.382 e. The zero-order valence-electron chi connectivity index (χ0n) is 7.90. The van der Waals surface area contributed by atoms with Gasteiger partial charge in [0.05, 0.1) is 0 Å². The van der Waals surface area contributed by atoms with Crippen molar-refractivity contribution in [2.24, 2.45) is 0 Å². The fraction of sp³-hybridized carbons (Fsp3) is 1.00. The third-order valence-corrected chi connectivity index (χ3v) is 3.82. The van der Waals surface area contributed by atoms with Crippen molar-refractivity contribution >= 4 is 11.8 Å². The average molecular weight is 229 g/mol. The van der Waals surface area contributed by atoms with Crippen molar-refractivity contribution in [2.45, 2.75) is 29.9 Å². The van der Waals surface area contributed by atoms with E-state index in [0.29, 0.717) is 6.54 Å². The molecule has 2 nitrogen and oxygen atoms in total. The summed E-state index contributed by atoms with van der Waals surface area (Å²) < 4.78 is 35.7. The SMILES string of the molecule is CSC1(CNCC(O)C(F)(F)F)CC1. The molecule has 6 heteroatoms. The number of hydrogen-bond donors (Lipinski definition) is 2. The summed E-state index contributed by atoms with van der Waals surface area (Å²) in [5, 5.41) is 11.3. The van der Waals surface area contributed by atoms with Gasteiger partial charge < -0.3 is 10.4 Å². The number of aliphatic hydroxyl groups is 1. The number of hydrogen-bond acceptors (Lipinski definition) is 3. The van der Waals surface area contributed by atoms with E-state index in [2.05, 4.69) is 5.32 Å². The number of halogens is 3. The van der Waals surface area contributed by atoms with Gasteiger partial charge in [-0.05, 0) is 19.1 Å². The van der Waals surface area contributed by atoms with Gasteiger partial charge in [-0.3, -0.25) is 0 Å². The summed E-state index contributed by atoms with van der Waals surface area (Å²) in [4.78, 5) is 0. The van der Waals surface area contributed by atoms with Gasteiger partial charge in [0, 0.05) is 17.8 Å². The molecule has 1 aliphatic carbocycles. The maximum atomic E-state index is 11.9. The Morgan fingerprint density at radius 1 is 1.50 bits per heavy atom. The molecule has 1 atom stereocenters. The number of rotatable bonds is 5. The minimum atomic E-state index is -4.51. The molecule has 0 radical (unpaired) electrons. The molecule has 1 aliphatic rings. The van der Waals surface area contributed by atoms with Crippen LogP contribution in [0.1, 0.15) is 12.8 Å². The first-order valence-corrected chi connectivity index (χ1v) is 5.63. The van der Waals surface area contributed by atoms with Gasteiger partial charge in [0.25, 0.3) is 0 Å². The molecule has 0 aromatic rings. The second kappa shape index (κ2) is 4.28. The molecular formula is C8H14F3NOS. The van der Waals surface area contributed by atoms with Crippen LogP contribution in [-0.2, 0) is 0 Å². The zero-order valence-corrected chi connectivity index (χ0v) is 8.71. The summed E-state index contributed by atoms with van der Waals surface area (Å²) in [6, 6.07) is 0. The summed E-state index contributed by atoms with van der Waals surface area (Å²) in [5.41, 5.74) is 0. The highest BCUT2D eigenvalue weighted by Crippen LogP contribution is 2.46. The highest BCUT2D eigenvalue weighted by molar-refractivity contribution is 8.00. The molecule has 0 spiro atoms. The van der Waals surface area contributed by atoms with E-state index in [0.717, 1.165) is 12.8 Å². The maximum Gasteiger partial charge on any atom is 0.415 e. The average Bonchev–Trinajstić information content (AvgIpc) is 2.84. The lowest BCUT2D eigenvalue weighted by Gasteiger charge is -2.17. The summed E-state index contributed by atoms with van der Waals surface area (Å²) >= 11 is 1.67. The van der Waals surface area contributed by atoms with E-state index >= 15 is 0 Å². The van der Waals surface area contributed by atoms with Crippen LogP contribution < -0.4 is 5.32 Å². The molecule has 0 aromatic heterocycles. The van der Waals surface area contributed by atoms with Crippen LogP contribution in [0.3, 0.4) is 0 Å². The Labute approximate surface area is 85.3 Å². The largest absolute Gasteiger partial charge is 0.415 e. The van der Waals surface area contributed by atoms with Crippen molar-refractivity contribution in [3.8, 4) is 0 Å². The van der Waals surface area contributed by atoms with E-state index in [9.17, 15) is 13.2 Å². The first-order chi connectivity index (χ1) is 6.40. The van der Waals surface area contributed by atoms with Crippen LogP contribution in [0.2, 0.25) is 0 Å². The summed E-state index contributed by atoms with van der Waals surface area (Å²) in [6.07, 6.45) is -2.72. The van der Waals surface area contributed by atoms with E-state index in [4.69, 9.17) is 5.11 Å². The topological polar surface area (TPSA) is 32.3 Å². The molecule has 0 saturated heterocycles. The minimum absolute atomic E-state index is 0.130. The lowest BCUT2D eigenvalue weighted by molar-refractivity contribution is -0.201. The van der Waals surface area contributed by atoms with Gasteiger partial charge in [-0.2, -0.15) is 24.9 Å². The summed E-state index contributed by atoms with van der Waals surface area (Å²) in [5.74, 6) is 0. The third-order valence-electron chi connectivity index (χ3n) is 2.40. The van der Waals surface area contributed by atoms with E-state index < -0.39 is 18.8 Å². The number of aliphatic hydroxyl groups excluding tert-OH is 1. The van der Waals surface area contributed by atoms with E-state index in [1.807, 2.05) is 6.26 Å². The van der Waals surface area contributed by atoms with Gasteiger partial charge in [0.15, 0.2) is 6.10 Å². The van der Waals surface area contributed by atoms with E-state index in [-0.39, 0.29) is 4.75 Å². The van der Waals surface area contributed by atoms with Crippen molar-refractivity contribution < 1.29 is 18.3 Å². The molecule has 1 fully saturated rings. The number of nitrogens with one attached hydrogen (secondary N) is 1. The summed E-state index contributed by atoms with van der Waals surface area (Å²) in [7, 11) is 0. The van der Waals surface area contributed by atoms with E-state index in [1.165, 1.54) is 0 Å². The second-order valence-electron chi connectivity index (χ2n) is 3.58. The van der Waals surface area contributed by atoms with Gasteiger partial charge in [0.2, 0.25) is 0 Å². The number of alkyl halides is 3. The quantitative estimate of drug-likeness (QED) is 0.747. The Kier molecular flexibility index (Phi) is 3.71. The molecule has 1 saturated carbocycles. The zero-order chi connectivity index (χ0) is 10.8. The van der Waals surface area contributed by atoms with Crippen LogP contribution >= 0.6 is 11.8 Å². The van der Waals surface area contributed by atoms with Gasteiger partial charge >= 0.3 is 6.18 Å². The standard InChI is InChI=1S/C8H14F3NOS/c1-14-7(2-3-7)5-12-4-6(13)8(9,10)11/h6,12-13H,2-5H2,1H3. The first kappa shape index (κ1) is 12.1. The molecule has 0 bridgehead atoms. The molecule has 14 heavy (non-hydrogen) atoms. The highest BCUT2D eigenvalue weighted by Gasteiger charge is 2.42. The van der Waals surface area contributed by atoms with Crippen molar-refractivity contribution in [3.63, 3.8) is 0 Å². The van der Waals surface area contributed by atoms with Crippen molar-refractivity contribution in [1.29, 1.82) is 0 Å². The van der Waals surface area contributed by atoms with Crippen molar-refractivity contribution in [1.82, 2.24) is 5.32 Å². The molecule has 0 aromatic carbocycles. The lowest BCUT2D eigenvalue weighted by Crippen LogP contribution is -2.40. The fourth-order valence-electron chi connectivity index (χ4n) is 1.14. The maximum absolute atomic E-state index is 11.9. The predicted octanol–water partition coefficient (Wildman–Crippen LogP) is 1.39. The second-order valence-corrected chi connectivity index (χ2v) is 4.85. The molecule has 0 amide bonds. The molecule has 2 N–H and O–H groups in total. The Morgan fingerprint density at radius 3 is 2.43 bits per heavy atom. The van der Waals surface area contributed by atoms with Crippen molar-refractivity contribution in [2.75, 3.05) is 19.3 Å². The van der Waals surface area contributed by atoms with Crippen LogP contribution in [0, 0.1) is 0 Å². The van der Waals surface area contributed by atoms with Crippen LogP contribution in [-0.4, -0.2) is 41.5 Å². The highest BCUT2D eigenvalue weighted by atomic mass is 32.2. The Bertz CT molecular complexity index is 194. The number of thioether (sulfide) groups is 1. The Balaban J connectivity index is 2.15.